The number of amides is 1. The Balaban J connectivity index is 2.56. The zero-order valence-corrected chi connectivity index (χ0v) is 8.69. The van der Waals surface area contributed by atoms with Crippen LogP contribution >= 0.6 is 0 Å². The monoisotopic (exact) mass is 199 g/mol. The molecule has 0 unspecified atom stereocenters. The van der Waals surface area contributed by atoms with Crippen LogP contribution in [0, 0.1) is 5.92 Å². The summed E-state index contributed by atoms with van der Waals surface area (Å²) >= 11 is 0. The molecule has 0 aliphatic carbocycles. The van der Waals surface area contributed by atoms with E-state index in [1.54, 1.807) is 4.90 Å². The highest BCUT2D eigenvalue weighted by Crippen LogP contribution is 2.21. The molecule has 4 nitrogen and oxygen atoms in total. The number of carbonyl (C=O) groups is 2. The third-order valence-corrected chi connectivity index (χ3v) is 2.75. The molecule has 0 aromatic carbocycles. The molecule has 0 saturated carbocycles. The van der Waals surface area contributed by atoms with Crippen LogP contribution in [0.5, 0.6) is 0 Å². The van der Waals surface area contributed by atoms with Crippen LogP contribution in [0.4, 0.5) is 0 Å². The molecule has 0 aromatic rings. The lowest BCUT2D eigenvalue weighted by molar-refractivity contribution is -0.141. The van der Waals surface area contributed by atoms with Crippen LogP contribution in [0.15, 0.2) is 0 Å². The summed E-state index contributed by atoms with van der Waals surface area (Å²) < 4.78 is 0. The van der Waals surface area contributed by atoms with E-state index in [-0.39, 0.29) is 18.4 Å². The highest BCUT2D eigenvalue weighted by Gasteiger charge is 2.36. The van der Waals surface area contributed by atoms with Gasteiger partial charge in [0.15, 0.2) is 0 Å². The van der Waals surface area contributed by atoms with Crippen LogP contribution in [-0.2, 0) is 9.59 Å². The van der Waals surface area contributed by atoms with Crippen molar-refractivity contribution in [3.05, 3.63) is 0 Å². The second kappa shape index (κ2) is 4.44. The van der Waals surface area contributed by atoms with Gasteiger partial charge in [-0.15, -0.1) is 0 Å². The van der Waals surface area contributed by atoms with Gasteiger partial charge >= 0.3 is 5.97 Å². The normalized spacial score (nSPS) is 24.0. The van der Waals surface area contributed by atoms with E-state index >= 15 is 0 Å². The van der Waals surface area contributed by atoms with E-state index < -0.39 is 11.9 Å². The first-order valence-electron chi connectivity index (χ1n) is 5.08. The SMILES string of the molecule is CCC[C@H](C)N1C[C@H](C(=O)O)CC1=O. The first-order chi connectivity index (χ1) is 6.56. The molecule has 1 heterocycles. The van der Waals surface area contributed by atoms with Gasteiger partial charge < -0.3 is 10.0 Å². The van der Waals surface area contributed by atoms with Crippen LogP contribution in [0.1, 0.15) is 33.1 Å². The minimum atomic E-state index is -0.857. The minimum absolute atomic E-state index is 0.0154. The summed E-state index contributed by atoms with van der Waals surface area (Å²) in [5, 5.41) is 8.78. The maximum Gasteiger partial charge on any atom is 0.308 e. The lowest BCUT2D eigenvalue weighted by Gasteiger charge is -2.23. The lowest BCUT2D eigenvalue weighted by Crippen LogP contribution is -2.34. The fourth-order valence-corrected chi connectivity index (χ4v) is 1.90. The second-order valence-electron chi connectivity index (χ2n) is 3.92. The largest absolute Gasteiger partial charge is 0.481 e. The fourth-order valence-electron chi connectivity index (χ4n) is 1.90. The maximum absolute atomic E-state index is 11.5. The first-order valence-corrected chi connectivity index (χ1v) is 5.08. The zero-order valence-electron chi connectivity index (χ0n) is 8.69. The van der Waals surface area contributed by atoms with Gasteiger partial charge in [-0.25, -0.2) is 0 Å². The van der Waals surface area contributed by atoms with E-state index in [9.17, 15) is 9.59 Å². The number of likely N-dealkylation sites (tertiary alicyclic amines) is 1. The molecule has 0 spiro atoms. The second-order valence-corrected chi connectivity index (χ2v) is 3.92. The van der Waals surface area contributed by atoms with Crippen molar-refractivity contribution >= 4 is 11.9 Å². The molecule has 1 aliphatic heterocycles. The van der Waals surface area contributed by atoms with Crippen molar-refractivity contribution in [1.29, 1.82) is 0 Å². The third-order valence-electron chi connectivity index (χ3n) is 2.75. The van der Waals surface area contributed by atoms with Gasteiger partial charge in [0.2, 0.25) is 5.91 Å². The highest BCUT2D eigenvalue weighted by molar-refractivity contribution is 5.86. The Morgan fingerprint density at radius 3 is 2.79 bits per heavy atom. The van der Waals surface area contributed by atoms with E-state index in [0.29, 0.717) is 6.54 Å². The number of nitrogens with zero attached hydrogens (tertiary/aromatic N) is 1. The fraction of sp³-hybridized carbons (Fsp3) is 0.800. The van der Waals surface area contributed by atoms with Crippen molar-refractivity contribution in [2.24, 2.45) is 5.92 Å². The molecule has 1 aliphatic rings. The summed E-state index contributed by atoms with van der Waals surface area (Å²) in [6, 6.07) is 0.178. The van der Waals surface area contributed by atoms with Gasteiger partial charge in [0.25, 0.3) is 0 Å². The van der Waals surface area contributed by atoms with Crippen LogP contribution in [0.3, 0.4) is 0 Å². The predicted octanol–water partition coefficient (Wildman–Crippen LogP) is 1.11. The van der Waals surface area contributed by atoms with Gasteiger partial charge in [-0.3, -0.25) is 9.59 Å². The van der Waals surface area contributed by atoms with E-state index in [4.69, 9.17) is 5.11 Å². The molecule has 1 rings (SSSR count). The first kappa shape index (κ1) is 11.0. The number of carbonyl (C=O) groups excluding carboxylic acids is 1. The summed E-state index contributed by atoms with van der Waals surface area (Å²) in [6.07, 6.45) is 2.13. The highest BCUT2D eigenvalue weighted by atomic mass is 16.4. The summed E-state index contributed by atoms with van der Waals surface area (Å²) in [7, 11) is 0. The molecular weight excluding hydrogens is 182 g/mol. The van der Waals surface area contributed by atoms with Gasteiger partial charge in [0, 0.05) is 19.0 Å². The van der Waals surface area contributed by atoms with E-state index in [1.807, 2.05) is 6.92 Å². The average Bonchev–Trinajstić information content (AvgIpc) is 2.48. The molecule has 1 saturated heterocycles. The number of carboxylic acids is 1. The summed E-state index contributed by atoms with van der Waals surface area (Å²) in [5.41, 5.74) is 0. The van der Waals surface area contributed by atoms with Gasteiger partial charge in [0.1, 0.15) is 0 Å². The van der Waals surface area contributed by atoms with Gasteiger partial charge in [0.05, 0.1) is 5.92 Å². The molecule has 0 bridgehead atoms. The van der Waals surface area contributed by atoms with Crippen molar-refractivity contribution in [3.63, 3.8) is 0 Å². The number of carboxylic acid groups (broad SMARTS) is 1. The molecule has 14 heavy (non-hydrogen) atoms. The molecule has 0 aromatic heterocycles. The Bertz CT molecular complexity index is 240. The number of hydrogen-bond donors (Lipinski definition) is 1. The molecule has 1 amide bonds. The Kier molecular flexibility index (Phi) is 3.49. The van der Waals surface area contributed by atoms with Gasteiger partial charge in [-0.2, -0.15) is 0 Å². The summed E-state index contributed by atoms with van der Waals surface area (Å²) in [5.74, 6) is -1.37. The topological polar surface area (TPSA) is 57.6 Å². The van der Waals surface area contributed by atoms with E-state index in [0.717, 1.165) is 12.8 Å². The van der Waals surface area contributed by atoms with Gasteiger partial charge in [-0.05, 0) is 13.3 Å². The zero-order chi connectivity index (χ0) is 10.7. The average molecular weight is 199 g/mol. The molecule has 4 heteroatoms. The van der Waals surface area contributed by atoms with Gasteiger partial charge in [-0.1, -0.05) is 13.3 Å². The van der Waals surface area contributed by atoms with E-state index in [1.165, 1.54) is 0 Å². The Labute approximate surface area is 83.9 Å². The van der Waals surface area contributed by atoms with Crippen molar-refractivity contribution < 1.29 is 14.7 Å². The molecule has 1 N–H and O–H groups in total. The smallest absolute Gasteiger partial charge is 0.308 e. The third kappa shape index (κ3) is 2.25. The molecule has 1 fully saturated rings. The molecule has 80 valence electrons. The lowest BCUT2D eigenvalue weighted by atomic mass is 10.1. The summed E-state index contributed by atoms with van der Waals surface area (Å²) in [6.45, 7) is 4.42. The standard InChI is InChI=1S/C10H17NO3/c1-3-4-7(2)11-6-8(10(13)14)5-9(11)12/h7-8H,3-6H2,1-2H3,(H,13,14)/t7-,8+/m0/s1. The van der Waals surface area contributed by atoms with Crippen molar-refractivity contribution in [2.75, 3.05) is 6.54 Å². The number of rotatable bonds is 4. The molecular formula is C10H17NO3. The molecule has 2 atom stereocenters. The number of hydrogen-bond acceptors (Lipinski definition) is 2. The Morgan fingerprint density at radius 2 is 2.36 bits per heavy atom. The summed E-state index contributed by atoms with van der Waals surface area (Å²) in [4.78, 5) is 23.9. The Hall–Kier alpha value is -1.06. The van der Waals surface area contributed by atoms with Crippen LogP contribution in [-0.4, -0.2) is 34.5 Å². The quantitative estimate of drug-likeness (QED) is 0.737. The van der Waals surface area contributed by atoms with Crippen LogP contribution in [0.25, 0.3) is 0 Å². The van der Waals surface area contributed by atoms with Crippen molar-refractivity contribution in [2.45, 2.75) is 39.2 Å². The van der Waals surface area contributed by atoms with Crippen molar-refractivity contribution in [1.82, 2.24) is 4.90 Å². The minimum Gasteiger partial charge on any atom is -0.481 e. The van der Waals surface area contributed by atoms with Crippen molar-refractivity contribution in [3.8, 4) is 0 Å². The Morgan fingerprint density at radius 1 is 1.71 bits per heavy atom. The molecule has 0 radical (unpaired) electrons. The van der Waals surface area contributed by atoms with Crippen LogP contribution in [0.2, 0.25) is 0 Å². The predicted molar refractivity (Wildman–Crippen MR) is 51.8 cm³/mol. The maximum atomic E-state index is 11.5. The van der Waals surface area contributed by atoms with E-state index in [2.05, 4.69) is 6.92 Å². The number of aliphatic carboxylic acids is 1. The van der Waals surface area contributed by atoms with Crippen LogP contribution < -0.4 is 0 Å².